The highest BCUT2D eigenvalue weighted by Crippen LogP contribution is 2.47. The fourth-order valence-corrected chi connectivity index (χ4v) is 7.90. The van der Waals surface area contributed by atoms with Crippen molar-refractivity contribution in [1.82, 2.24) is 14.6 Å². The lowest BCUT2D eigenvalue weighted by molar-refractivity contribution is -0.102. The predicted molar refractivity (Wildman–Crippen MR) is 213 cm³/mol. The summed E-state index contributed by atoms with van der Waals surface area (Å²) >= 11 is 0. The second-order valence-corrected chi connectivity index (χ2v) is 16.7. The molecule has 16 heteroatoms. The molecule has 0 aliphatic carbocycles. The number of aliphatic hydroxyl groups is 2. The van der Waals surface area contributed by atoms with Crippen LogP contribution in [0.1, 0.15) is 140 Å². The van der Waals surface area contributed by atoms with E-state index in [9.17, 15) is 29.3 Å². The molecule has 1 aromatic carbocycles. The maximum Gasteiger partial charge on any atom is 0.472 e. The minimum Gasteiger partial charge on any atom is -0.387 e. The largest absolute Gasteiger partial charge is 0.472 e. The Morgan fingerprint density at radius 1 is 0.965 bits per heavy atom. The van der Waals surface area contributed by atoms with Crippen LogP contribution in [0.15, 0.2) is 36.7 Å². The summed E-state index contributed by atoms with van der Waals surface area (Å²) in [7, 11) is -4.76. The van der Waals surface area contributed by atoms with Gasteiger partial charge in [0.15, 0.2) is 5.82 Å². The molecule has 1 fully saturated rings. The molecule has 6 atom stereocenters. The van der Waals surface area contributed by atoms with E-state index in [1.807, 2.05) is 6.07 Å². The maximum absolute atomic E-state index is 14.1. The number of rotatable bonds is 29. The molecular weight excluding hydrogens is 756 g/mol. The fraction of sp³-hybridized carbons (Fsp3) is 0.683. The number of aliphatic hydroxyl groups excluding tert-OH is 2. The molecule has 1 aliphatic rings. The second-order valence-electron chi connectivity index (χ2n) is 15.3. The molecule has 0 bridgehead atoms. The zero-order valence-electron chi connectivity index (χ0n) is 33.6. The van der Waals surface area contributed by atoms with Crippen molar-refractivity contribution in [1.29, 1.82) is 5.26 Å². The van der Waals surface area contributed by atoms with E-state index < -0.39 is 56.9 Å². The molecule has 0 amide bonds. The zero-order valence-corrected chi connectivity index (χ0v) is 34.5. The fourth-order valence-electron chi connectivity index (χ4n) is 7.05. The van der Waals surface area contributed by atoms with Crippen molar-refractivity contribution in [3.05, 3.63) is 59.3 Å². The van der Waals surface area contributed by atoms with Gasteiger partial charge >= 0.3 is 7.82 Å². The summed E-state index contributed by atoms with van der Waals surface area (Å²) in [4.78, 5) is 14.6. The number of hydrogen-bond acceptors (Lipinski definition) is 12. The Hall–Kier alpha value is -3.03. The number of nitrogens with zero attached hydrogens (tertiary/aromatic N) is 4. The number of aromatic nitrogens is 3. The van der Waals surface area contributed by atoms with Gasteiger partial charge in [0.2, 0.25) is 0 Å². The van der Waals surface area contributed by atoms with Crippen LogP contribution in [0, 0.1) is 17.1 Å². The Kier molecular flexibility index (Phi) is 19.8. The first-order chi connectivity index (χ1) is 27.5. The highest BCUT2D eigenvalue weighted by molar-refractivity contribution is 7.47. The molecule has 3 aromatic rings. The summed E-state index contributed by atoms with van der Waals surface area (Å²) in [5.41, 5.74) is 5.71. The number of nitrogen functional groups attached to an aromatic ring is 1. The van der Waals surface area contributed by atoms with E-state index in [0.29, 0.717) is 23.4 Å². The van der Waals surface area contributed by atoms with Gasteiger partial charge in [-0.1, -0.05) is 103 Å². The smallest absolute Gasteiger partial charge is 0.387 e. The minimum absolute atomic E-state index is 0.0198. The van der Waals surface area contributed by atoms with E-state index in [1.54, 1.807) is 12.1 Å². The van der Waals surface area contributed by atoms with Gasteiger partial charge in [0.05, 0.1) is 43.8 Å². The number of benzene rings is 1. The van der Waals surface area contributed by atoms with Gasteiger partial charge in [0.25, 0.3) is 0 Å². The summed E-state index contributed by atoms with van der Waals surface area (Å²) in [5, 5.41) is 35.2. The van der Waals surface area contributed by atoms with Crippen molar-refractivity contribution < 1.29 is 47.3 Å². The van der Waals surface area contributed by atoms with E-state index in [-0.39, 0.29) is 24.6 Å². The first-order valence-corrected chi connectivity index (χ1v) is 22.1. The lowest BCUT2D eigenvalue weighted by Gasteiger charge is -2.28. The monoisotopic (exact) mass is 819 g/mol. The summed E-state index contributed by atoms with van der Waals surface area (Å²) in [6, 6.07) is 9.03. The number of phosphoric acid groups is 1. The molecule has 5 N–H and O–H groups in total. The number of nitrogens with two attached hydrogens (primary N) is 1. The van der Waals surface area contributed by atoms with E-state index in [4.69, 9.17) is 29.0 Å². The zero-order chi connectivity index (χ0) is 41.1. The summed E-state index contributed by atoms with van der Waals surface area (Å²) in [6.07, 6.45) is 16.6. The molecule has 0 saturated carbocycles. The third-order valence-electron chi connectivity index (χ3n) is 10.4. The third-order valence-corrected chi connectivity index (χ3v) is 11.3. The first-order valence-electron chi connectivity index (χ1n) is 20.6. The quantitative estimate of drug-likeness (QED) is 0.0389. The average Bonchev–Trinajstić information content (AvgIpc) is 3.72. The molecular formula is C41H63FN5O9P. The first kappa shape index (κ1) is 46.7. The topological polar surface area (TPSA) is 204 Å². The SMILES string of the molecule is CCCCCCCCCCCCCCCCCCOC[C@H](COP(=O)(O)OC[C@@]1(C)O[C@@H](c2ccc3c(N)ncnn23)[C@H](O)[C@@H]1O)OCc1cc(F)cc(C#N)c1. The van der Waals surface area contributed by atoms with Gasteiger partial charge in [0.1, 0.15) is 47.7 Å². The van der Waals surface area contributed by atoms with E-state index in [1.165, 1.54) is 113 Å². The summed E-state index contributed by atoms with van der Waals surface area (Å²) < 4.78 is 56.9. The van der Waals surface area contributed by atoms with Crippen molar-refractivity contribution in [2.45, 2.75) is 153 Å². The number of nitriles is 1. The Labute approximate surface area is 336 Å². The second kappa shape index (κ2) is 24.1. The van der Waals surface area contributed by atoms with Crippen LogP contribution in [0.5, 0.6) is 0 Å². The normalized spacial score (nSPS) is 21.2. The third kappa shape index (κ3) is 15.3. The average molecular weight is 820 g/mol. The van der Waals surface area contributed by atoms with E-state index in [2.05, 4.69) is 17.0 Å². The van der Waals surface area contributed by atoms with Crippen molar-refractivity contribution in [2.75, 3.05) is 32.2 Å². The Bertz CT molecular complexity index is 1730. The summed E-state index contributed by atoms with van der Waals surface area (Å²) in [5.74, 6) is -0.377. The minimum atomic E-state index is -4.76. The molecule has 1 aliphatic heterocycles. The van der Waals surface area contributed by atoms with Gasteiger partial charge in [-0.15, -0.1) is 0 Å². The number of fused-ring (bicyclic) bond motifs is 1. The number of ether oxygens (including phenoxy) is 3. The molecule has 14 nitrogen and oxygen atoms in total. The van der Waals surface area contributed by atoms with Gasteiger partial charge in [0, 0.05) is 6.61 Å². The van der Waals surface area contributed by atoms with Crippen molar-refractivity contribution in [2.24, 2.45) is 0 Å². The standard InChI is InChI=1S/C41H63FN5O9P/c1-3-4-5-6-7-8-9-10-11-12-13-14-15-16-17-18-21-52-27-34(53-26-32-22-31(25-43)23-33(42)24-32)28-54-57(50,51)55-29-41(2)39(49)37(48)38(56-41)35-19-20-36-40(44)45-30-46-47(35)36/h19-20,22-24,30,34,37-39,48-49H,3-18,21,26-29H2,1-2H3,(H,50,51)(H2,44,45,46)/t34-,37+,38+,39+,41-/m1/s1. The molecule has 1 saturated heterocycles. The Morgan fingerprint density at radius 2 is 1.60 bits per heavy atom. The Balaban J connectivity index is 1.19. The number of hydrogen-bond donors (Lipinski definition) is 4. The van der Waals surface area contributed by atoms with Crippen LogP contribution in [0.2, 0.25) is 0 Å². The van der Waals surface area contributed by atoms with Gasteiger partial charge in [-0.05, 0) is 49.2 Å². The lowest BCUT2D eigenvalue weighted by Crippen LogP contribution is -2.44. The molecule has 1 unspecified atom stereocenters. The van der Waals surface area contributed by atoms with Crippen LogP contribution in [-0.2, 0) is 34.4 Å². The molecule has 3 heterocycles. The highest BCUT2D eigenvalue weighted by Gasteiger charge is 2.53. The van der Waals surface area contributed by atoms with Crippen LogP contribution < -0.4 is 5.73 Å². The van der Waals surface area contributed by atoms with E-state index in [0.717, 1.165) is 25.3 Å². The van der Waals surface area contributed by atoms with Crippen LogP contribution in [0.3, 0.4) is 0 Å². The number of halogens is 1. The molecule has 0 radical (unpaired) electrons. The van der Waals surface area contributed by atoms with Gasteiger partial charge in [-0.25, -0.2) is 18.5 Å². The van der Waals surface area contributed by atoms with Gasteiger partial charge in [-0.2, -0.15) is 10.4 Å². The van der Waals surface area contributed by atoms with Crippen LogP contribution in [0.25, 0.3) is 5.52 Å². The molecule has 57 heavy (non-hydrogen) atoms. The maximum atomic E-state index is 14.1. The van der Waals surface area contributed by atoms with Crippen molar-refractivity contribution in [3.63, 3.8) is 0 Å². The van der Waals surface area contributed by atoms with E-state index >= 15 is 0 Å². The number of anilines is 1. The van der Waals surface area contributed by atoms with Crippen LogP contribution >= 0.6 is 7.82 Å². The lowest BCUT2D eigenvalue weighted by atomic mass is 9.97. The van der Waals surface area contributed by atoms with Crippen LogP contribution in [-0.4, -0.2) is 80.0 Å². The molecule has 2 aromatic heterocycles. The molecule has 4 rings (SSSR count). The van der Waals surface area contributed by atoms with Gasteiger partial charge < -0.3 is 35.1 Å². The number of phosphoric ester groups is 1. The predicted octanol–water partition coefficient (Wildman–Crippen LogP) is 7.87. The highest BCUT2D eigenvalue weighted by atomic mass is 31.2. The van der Waals surface area contributed by atoms with Crippen molar-refractivity contribution >= 4 is 19.2 Å². The number of unbranched alkanes of at least 4 members (excludes halogenated alkanes) is 15. The van der Waals surface area contributed by atoms with Crippen LogP contribution in [0.4, 0.5) is 10.2 Å². The Morgan fingerprint density at radius 3 is 2.23 bits per heavy atom. The molecule has 318 valence electrons. The molecule has 0 spiro atoms. The van der Waals surface area contributed by atoms with Gasteiger partial charge in [-0.3, -0.25) is 9.05 Å². The summed E-state index contributed by atoms with van der Waals surface area (Å²) in [6.45, 7) is 3.02. The van der Waals surface area contributed by atoms with Crippen molar-refractivity contribution in [3.8, 4) is 6.07 Å².